The van der Waals surface area contributed by atoms with Crippen LogP contribution < -0.4 is 0 Å². The molecule has 0 saturated carbocycles. The van der Waals surface area contributed by atoms with E-state index in [1.165, 1.54) is 6.07 Å². The Labute approximate surface area is 177 Å². The third kappa shape index (κ3) is 6.00. The van der Waals surface area contributed by atoms with Gasteiger partial charge in [-0.15, -0.1) is 0 Å². The maximum atomic E-state index is 13.3. The van der Waals surface area contributed by atoms with Crippen LogP contribution in [0, 0.1) is 0 Å². The smallest absolute Gasteiger partial charge is 0.335 e. The number of ether oxygens (including phenoxy) is 1. The number of carbonyl (C=O) groups is 3. The van der Waals surface area contributed by atoms with Gasteiger partial charge >= 0.3 is 13.6 Å². The Morgan fingerprint density at radius 3 is 2.30 bits per heavy atom. The van der Waals surface area contributed by atoms with Gasteiger partial charge in [-0.25, -0.2) is 4.79 Å². The fraction of sp³-hybridized carbons (Fsp3) is 0.571. The Hall–Kier alpha value is -2.02. The molecule has 0 spiro atoms. The molecule has 0 unspecified atom stereocenters. The Balaban J connectivity index is 2.35. The second kappa shape index (κ2) is 9.86. The Morgan fingerprint density at radius 1 is 1.13 bits per heavy atom. The normalized spacial score (nSPS) is 17.3. The van der Waals surface area contributed by atoms with Crippen molar-refractivity contribution in [1.82, 2.24) is 4.90 Å². The van der Waals surface area contributed by atoms with E-state index >= 15 is 0 Å². The van der Waals surface area contributed by atoms with Gasteiger partial charge in [-0.05, 0) is 52.7 Å². The van der Waals surface area contributed by atoms with Crippen molar-refractivity contribution in [2.75, 3.05) is 13.2 Å². The van der Waals surface area contributed by atoms with E-state index in [2.05, 4.69) is 0 Å². The topological polar surface area (TPSA) is 99.2 Å². The van der Waals surface area contributed by atoms with E-state index in [-0.39, 0.29) is 37.8 Å². The molecule has 1 aromatic carbocycles. The number of amides is 2. The third-order valence-corrected chi connectivity index (χ3v) is 6.40. The van der Waals surface area contributed by atoms with E-state index in [0.29, 0.717) is 5.56 Å². The average Bonchev–Trinajstić information content (AvgIpc) is 3.02. The summed E-state index contributed by atoms with van der Waals surface area (Å²) < 4.78 is 29.0. The van der Waals surface area contributed by atoms with E-state index in [1.807, 2.05) is 0 Å². The minimum atomic E-state index is -3.46. The maximum Gasteiger partial charge on any atom is 0.335 e. The number of esters is 1. The van der Waals surface area contributed by atoms with E-state index < -0.39 is 37.0 Å². The number of nitrogens with zero attached hydrogens (tertiary/aromatic N) is 1. The van der Waals surface area contributed by atoms with Gasteiger partial charge in [-0.1, -0.05) is 18.2 Å². The lowest BCUT2D eigenvalue weighted by molar-refractivity contribution is -0.160. The zero-order chi connectivity index (χ0) is 22.5. The summed E-state index contributed by atoms with van der Waals surface area (Å²) in [5.41, 5.74) is -0.131. The van der Waals surface area contributed by atoms with Crippen molar-refractivity contribution < 1.29 is 32.7 Å². The summed E-state index contributed by atoms with van der Waals surface area (Å²) in [4.78, 5) is 39.3. The minimum absolute atomic E-state index is 0.0776. The highest BCUT2D eigenvalue weighted by Gasteiger charge is 2.43. The van der Waals surface area contributed by atoms with Crippen LogP contribution in [0.25, 0.3) is 0 Å². The minimum Gasteiger partial charge on any atom is -0.458 e. The molecule has 1 saturated heterocycles. The largest absolute Gasteiger partial charge is 0.458 e. The number of imide groups is 1. The lowest BCUT2D eigenvalue weighted by atomic mass is 10.1. The molecule has 0 aromatic heterocycles. The van der Waals surface area contributed by atoms with Gasteiger partial charge in [0.15, 0.2) is 0 Å². The molecule has 166 valence electrons. The van der Waals surface area contributed by atoms with Crippen molar-refractivity contribution >= 4 is 25.4 Å². The molecule has 8 nitrogen and oxygen atoms in total. The Bertz CT molecular complexity index is 836. The molecular weight excluding hydrogens is 409 g/mol. The van der Waals surface area contributed by atoms with Crippen molar-refractivity contribution in [1.29, 1.82) is 0 Å². The molecule has 1 aliphatic heterocycles. The van der Waals surface area contributed by atoms with Crippen molar-refractivity contribution in [2.45, 2.75) is 65.3 Å². The van der Waals surface area contributed by atoms with Crippen LogP contribution in [0.5, 0.6) is 0 Å². The molecule has 0 aliphatic carbocycles. The van der Waals surface area contributed by atoms with Gasteiger partial charge in [-0.2, -0.15) is 0 Å². The first-order chi connectivity index (χ1) is 14.0. The molecule has 1 aliphatic rings. The van der Waals surface area contributed by atoms with Gasteiger partial charge in [0, 0.05) is 12.0 Å². The summed E-state index contributed by atoms with van der Waals surface area (Å²) in [6.07, 6.45) is 0.169. The summed E-state index contributed by atoms with van der Waals surface area (Å²) in [5.74, 6) is -1.68. The van der Waals surface area contributed by atoms with Crippen LogP contribution in [0.4, 0.5) is 0 Å². The molecule has 2 rings (SSSR count). The van der Waals surface area contributed by atoms with Gasteiger partial charge in [0.1, 0.15) is 11.6 Å². The lowest BCUT2D eigenvalue weighted by Crippen LogP contribution is -2.45. The summed E-state index contributed by atoms with van der Waals surface area (Å²) in [7, 11) is -3.46. The van der Waals surface area contributed by atoms with Gasteiger partial charge < -0.3 is 13.8 Å². The fourth-order valence-electron chi connectivity index (χ4n) is 3.26. The quantitative estimate of drug-likeness (QED) is 0.344. The summed E-state index contributed by atoms with van der Waals surface area (Å²) in [5, 5.41) is 0. The Kier molecular flexibility index (Phi) is 7.97. The molecule has 1 fully saturated rings. The fourth-order valence-corrected chi connectivity index (χ4v) is 5.00. The number of carbonyl (C=O) groups excluding carboxylic acids is 3. The molecule has 0 N–H and O–H groups in total. The van der Waals surface area contributed by atoms with Gasteiger partial charge in [0.25, 0.3) is 5.91 Å². The first-order valence-electron chi connectivity index (χ1n) is 10.1. The van der Waals surface area contributed by atoms with Crippen LogP contribution >= 0.6 is 7.60 Å². The molecule has 1 aromatic rings. The van der Waals surface area contributed by atoms with E-state index in [0.717, 1.165) is 4.90 Å². The predicted molar refractivity (Wildman–Crippen MR) is 111 cm³/mol. The number of rotatable bonds is 8. The first-order valence-corrected chi connectivity index (χ1v) is 11.8. The highest BCUT2D eigenvalue weighted by atomic mass is 31.2. The highest BCUT2D eigenvalue weighted by Crippen LogP contribution is 2.51. The van der Waals surface area contributed by atoms with Crippen molar-refractivity contribution in [3.8, 4) is 0 Å². The molecule has 30 heavy (non-hydrogen) atoms. The highest BCUT2D eigenvalue weighted by molar-refractivity contribution is 7.53. The lowest BCUT2D eigenvalue weighted by Gasteiger charge is -2.27. The molecule has 1 atom stereocenters. The van der Waals surface area contributed by atoms with Crippen LogP contribution in [-0.2, 0) is 34.1 Å². The van der Waals surface area contributed by atoms with Crippen molar-refractivity contribution in [3.05, 3.63) is 35.4 Å². The number of hydrogen-bond donors (Lipinski definition) is 0. The Morgan fingerprint density at radius 2 is 1.73 bits per heavy atom. The van der Waals surface area contributed by atoms with Crippen LogP contribution in [0.2, 0.25) is 0 Å². The SMILES string of the molecule is CCOP(=O)(Cc1ccccc1C(=O)N1C(=O)CC[C@H]1C(=O)OC(C)(C)C)OCC. The van der Waals surface area contributed by atoms with E-state index in [4.69, 9.17) is 13.8 Å². The molecule has 0 bridgehead atoms. The second-order valence-corrected chi connectivity index (χ2v) is 9.97. The van der Waals surface area contributed by atoms with Crippen LogP contribution in [-0.4, -0.2) is 47.5 Å². The van der Waals surface area contributed by atoms with E-state index in [9.17, 15) is 18.9 Å². The van der Waals surface area contributed by atoms with E-state index in [1.54, 1.807) is 52.8 Å². The van der Waals surface area contributed by atoms with Gasteiger partial charge in [-0.3, -0.25) is 19.1 Å². The molecule has 2 amide bonds. The average molecular weight is 439 g/mol. The molecule has 9 heteroatoms. The zero-order valence-corrected chi connectivity index (χ0v) is 19.1. The first kappa shape index (κ1) is 24.3. The van der Waals surface area contributed by atoms with Gasteiger partial charge in [0.2, 0.25) is 5.91 Å². The molecule has 1 heterocycles. The second-order valence-electron chi connectivity index (χ2n) is 7.92. The zero-order valence-electron chi connectivity index (χ0n) is 18.2. The van der Waals surface area contributed by atoms with Crippen molar-refractivity contribution in [3.63, 3.8) is 0 Å². The van der Waals surface area contributed by atoms with Gasteiger partial charge in [0.05, 0.1) is 19.4 Å². The summed E-state index contributed by atoms with van der Waals surface area (Å²) in [6, 6.07) is 5.54. The summed E-state index contributed by atoms with van der Waals surface area (Å²) >= 11 is 0. The standard InChI is InChI=1S/C21H30NO7P/c1-6-27-30(26,28-7-2)14-15-10-8-9-11-16(15)19(24)22-17(12-13-18(22)23)20(25)29-21(3,4)5/h8-11,17H,6-7,12-14H2,1-5H3/t17-/m0/s1. The monoisotopic (exact) mass is 439 g/mol. The number of benzene rings is 1. The third-order valence-electron chi connectivity index (χ3n) is 4.37. The predicted octanol–water partition coefficient (Wildman–Crippen LogP) is 3.93. The van der Waals surface area contributed by atoms with Crippen molar-refractivity contribution in [2.24, 2.45) is 0 Å². The molecular formula is C21H30NO7P. The van der Waals surface area contributed by atoms with Crippen LogP contribution in [0.3, 0.4) is 0 Å². The van der Waals surface area contributed by atoms with Crippen LogP contribution in [0.15, 0.2) is 24.3 Å². The summed E-state index contributed by atoms with van der Waals surface area (Å²) in [6.45, 7) is 8.97. The maximum absolute atomic E-state index is 13.3. The van der Waals surface area contributed by atoms with Crippen LogP contribution in [0.1, 0.15) is 63.4 Å². The number of likely N-dealkylation sites (tertiary alicyclic amines) is 1. The molecule has 0 radical (unpaired) electrons. The number of hydrogen-bond acceptors (Lipinski definition) is 7.